The molecule has 4 heteroatoms. The van der Waals surface area contributed by atoms with Gasteiger partial charge >= 0.3 is 0 Å². The Hall–Kier alpha value is -2.80. The van der Waals surface area contributed by atoms with E-state index in [1.165, 1.54) is 11.1 Å². The highest BCUT2D eigenvalue weighted by Crippen LogP contribution is 2.19. The summed E-state index contributed by atoms with van der Waals surface area (Å²) in [6.07, 6.45) is 2.88. The first-order chi connectivity index (χ1) is 10.2. The molecule has 0 saturated heterocycles. The molecule has 3 aromatic rings. The molecule has 0 spiro atoms. The Balaban J connectivity index is 2.09. The topological polar surface area (TPSA) is 67.1 Å². The number of pyridine rings is 1. The van der Waals surface area contributed by atoms with Crippen LogP contribution in [0.1, 0.15) is 22.5 Å². The summed E-state index contributed by atoms with van der Waals surface area (Å²) in [4.78, 5) is 4.65. The normalized spacial score (nSPS) is 10.7. The number of rotatable bonds is 3. The third-order valence-electron chi connectivity index (χ3n) is 3.52. The number of hydrogen-bond donors (Lipinski definition) is 1. The van der Waals surface area contributed by atoms with Crippen LogP contribution >= 0.6 is 0 Å². The van der Waals surface area contributed by atoms with Crippen LogP contribution in [-0.4, -0.2) is 9.38 Å². The first kappa shape index (κ1) is 13.2. The van der Waals surface area contributed by atoms with Crippen LogP contribution in [0.5, 0.6) is 0 Å². The van der Waals surface area contributed by atoms with Crippen LogP contribution in [0.15, 0.2) is 42.6 Å². The first-order valence-corrected chi connectivity index (χ1v) is 6.85. The fourth-order valence-corrected chi connectivity index (χ4v) is 2.58. The lowest BCUT2D eigenvalue weighted by molar-refractivity contribution is 1.00. The van der Waals surface area contributed by atoms with Crippen molar-refractivity contribution in [1.29, 1.82) is 5.26 Å². The van der Waals surface area contributed by atoms with Gasteiger partial charge in [0, 0.05) is 18.3 Å². The van der Waals surface area contributed by atoms with Crippen molar-refractivity contribution >= 4 is 11.3 Å². The minimum absolute atomic E-state index is 0.325. The predicted octanol–water partition coefficient (Wildman–Crippen LogP) is 2.88. The number of aromatic nitrogens is 2. The zero-order valence-electron chi connectivity index (χ0n) is 11.9. The van der Waals surface area contributed by atoms with E-state index in [0.29, 0.717) is 12.1 Å². The number of nitrogens with two attached hydrogens (primary N) is 1. The number of nitrogens with zero attached hydrogens (tertiary/aromatic N) is 3. The smallest absolute Gasteiger partial charge is 0.137 e. The van der Waals surface area contributed by atoms with Crippen LogP contribution in [0.3, 0.4) is 0 Å². The second-order valence-electron chi connectivity index (χ2n) is 5.20. The first-order valence-electron chi connectivity index (χ1n) is 6.85. The van der Waals surface area contributed by atoms with Gasteiger partial charge in [-0.3, -0.25) is 0 Å². The van der Waals surface area contributed by atoms with Crippen molar-refractivity contribution in [2.75, 3.05) is 5.73 Å². The molecule has 2 aromatic heterocycles. The summed E-state index contributed by atoms with van der Waals surface area (Å²) in [7, 11) is 0. The Morgan fingerprint density at radius 1 is 1.29 bits per heavy atom. The van der Waals surface area contributed by atoms with Gasteiger partial charge in [0.15, 0.2) is 0 Å². The summed E-state index contributed by atoms with van der Waals surface area (Å²) in [6, 6.07) is 14.3. The lowest BCUT2D eigenvalue weighted by atomic mass is 10.1. The van der Waals surface area contributed by atoms with Crippen LogP contribution in [0, 0.1) is 18.3 Å². The number of imidazole rings is 1. The van der Waals surface area contributed by atoms with E-state index in [4.69, 9.17) is 11.0 Å². The predicted molar refractivity (Wildman–Crippen MR) is 82.9 cm³/mol. The average molecular weight is 276 g/mol. The van der Waals surface area contributed by atoms with Crippen LogP contribution in [0.25, 0.3) is 5.65 Å². The second kappa shape index (κ2) is 5.29. The van der Waals surface area contributed by atoms with Crippen LogP contribution in [-0.2, 0) is 12.8 Å². The zero-order chi connectivity index (χ0) is 14.8. The third-order valence-corrected chi connectivity index (χ3v) is 3.52. The van der Waals surface area contributed by atoms with Gasteiger partial charge in [0.05, 0.1) is 23.9 Å². The summed E-state index contributed by atoms with van der Waals surface area (Å²) in [5, 5.41) is 9.08. The number of nitrogen functional groups attached to an aromatic ring is 1. The summed E-state index contributed by atoms with van der Waals surface area (Å²) >= 11 is 0. The molecule has 3 rings (SSSR count). The van der Waals surface area contributed by atoms with E-state index in [2.05, 4.69) is 36.2 Å². The molecule has 0 radical (unpaired) electrons. The fraction of sp³-hybridized carbons (Fsp3) is 0.176. The van der Waals surface area contributed by atoms with E-state index in [1.807, 2.05) is 28.8 Å². The van der Waals surface area contributed by atoms with Crippen molar-refractivity contribution in [3.05, 3.63) is 65.1 Å². The molecule has 4 nitrogen and oxygen atoms in total. The van der Waals surface area contributed by atoms with E-state index in [9.17, 15) is 0 Å². The van der Waals surface area contributed by atoms with Crippen molar-refractivity contribution in [3.8, 4) is 6.07 Å². The van der Waals surface area contributed by atoms with E-state index in [-0.39, 0.29) is 0 Å². The highest BCUT2D eigenvalue weighted by molar-refractivity contribution is 5.51. The van der Waals surface area contributed by atoms with E-state index in [0.717, 1.165) is 23.5 Å². The van der Waals surface area contributed by atoms with E-state index in [1.54, 1.807) is 0 Å². The monoisotopic (exact) mass is 276 g/mol. The van der Waals surface area contributed by atoms with Crippen molar-refractivity contribution in [1.82, 2.24) is 9.38 Å². The molecule has 0 aliphatic carbocycles. The van der Waals surface area contributed by atoms with Crippen molar-refractivity contribution in [2.24, 2.45) is 0 Å². The molecule has 0 unspecified atom stereocenters. The SMILES string of the molecule is Cc1cccc(Cc2nc3ccc(N)cn3c2CC#N)c1. The Morgan fingerprint density at radius 3 is 2.90 bits per heavy atom. The van der Waals surface area contributed by atoms with Crippen LogP contribution < -0.4 is 5.73 Å². The Bertz CT molecular complexity index is 840. The van der Waals surface area contributed by atoms with Gasteiger partial charge in [-0.2, -0.15) is 5.26 Å². The van der Waals surface area contributed by atoms with Gasteiger partial charge in [0.1, 0.15) is 5.65 Å². The van der Waals surface area contributed by atoms with Crippen LogP contribution in [0.4, 0.5) is 5.69 Å². The van der Waals surface area contributed by atoms with Gasteiger partial charge < -0.3 is 10.1 Å². The maximum absolute atomic E-state index is 9.08. The van der Waals surface area contributed by atoms with Crippen molar-refractivity contribution < 1.29 is 0 Å². The second-order valence-corrected chi connectivity index (χ2v) is 5.20. The molecule has 0 fully saturated rings. The quantitative estimate of drug-likeness (QED) is 0.799. The molecule has 0 bridgehead atoms. The van der Waals surface area contributed by atoms with Gasteiger partial charge in [-0.25, -0.2) is 4.98 Å². The van der Waals surface area contributed by atoms with Gasteiger partial charge in [-0.15, -0.1) is 0 Å². The van der Waals surface area contributed by atoms with Crippen molar-refractivity contribution in [3.63, 3.8) is 0 Å². The molecule has 0 aliphatic heterocycles. The standard InChI is InChI=1S/C17H16N4/c1-12-3-2-4-13(9-12)10-15-16(7-8-18)21-11-14(19)5-6-17(21)20-15/h2-6,9,11H,7,10,19H2,1H3. The molecule has 2 heterocycles. The summed E-state index contributed by atoms with van der Waals surface area (Å²) in [6.45, 7) is 2.07. The lowest BCUT2D eigenvalue weighted by Crippen LogP contribution is -1.98. The van der Waals surface area contributed by atoms with Gasteiger partial charge in [-0.1, -0.05) is 29.8 Å². The number of hydrogen-bond acceptors (Lipinski definition) is 3. The van der Waals surface area contributed by atoms with Crippen molar-refractivity contribution in [2.45, 2.75) is 19.8 Å². The summed E-state index contributed by atoms with van der Waals surface area (Å²) < 4.78 is 1.92. The highest BCUT2D eigenvalue weighted by atomic mass is 15.0. The number of benzene rings is 1. The Morgan fingerprint density at radius 2 is 2.14 bits per heavy atom. The fourth-order valence-electron chi connectivity index (χ4n) is 2.58. The van der Waals surface area contributed by atoms with Gasteiger partial charge in [0.25, 0.3) is 0 Å². The molecule has 0 amide bonds. The molecular formula is C17H16N4. The average Bonchev–Trinajstić information content (AvgIpc) is 2.77. The minimum atomic E-state index is 0.325. The summed E-state index contributed by atoms with van der Waals surface area (Å²) in [5.74, 6) is 0. The van der Waals surface area contributed by atoms with Crippen LogP contribution in [0.2, 0.25) is 0 Å². The molecule has 0 aliphatic rings. The number of aryl methyl sites for hydroxylation is 1. The van der Waals surface area contributed by atoms with Gasteiger partial charge in [-0.05, 0) is 24.6 Å². The molecule has 1 aromatic carbocycles. The minimum Gasteiger partial charge on any atom is -0.398 e. The maximum Gasteiger partial charge on any atom is 0.137 e. The molecule has 0 atom stereocenters. The Labute approximate surface area is 123 Å². The third kappa shape index (κ3) is 2.59. The number of anilines is 1. The molecule has 0 saturated carbocycles. The number of nitriles is 1. The molecular weight excluding hydrogens is 260 g/mol. The molecule has 104 valence electrons. The van der Waals surface area contributed by atoms with E-state index >= 15 is 0 Å². The van der Waals surface area contributed by atoms with Gasteiger partial charge in [0.2, 0.25) is 0 Å². The lowest BCUT2D eigenvalue weighted by Gasteiger charge is -2.03. The zero-order valence-corrected chi connectivity index (χ0v) is 11.9. The largest absolute Gasteiger partial charge is 0.398 e. The Kier molecular flexibility index (Phi) is 3.33. The maximum atomic E-state index is 9.08. The highest BCUT2D eigenvalue weighted by Gasteiger charge is 2.12. The molecule has 21 heavy (non-hydrogen) atoms. The number of fused-ring (bicyclic) bond motifs is 1. The summed E-state index contributed by atoms with van der Waals surface area (Å²) in [5.41, 5.74) is 11.6. The molecule has 2 N–H and O–H groups in total. The van der Waals surface area contributed by atoms with E-state index < -0.39 is 0 Å².